The highest BCUT2D eigenvalue weighted by Crippen LogP contribution is 2.38. The lowest BCUT2D eigenvalue weighted by atomic mass is 9.99. The number of nitrogens with zero attached hydrogens (tertiary/aromatic N) is 5. The molecule has 1 atom stereocenters. The van der Waals surface area contributed by atoms with Crippen molar-refractivity contribution >= 4 is 10.9 Å². The third-order valence-electron chi connectivity index (χ3n) is 7.89. The van der Waals surface area contributed by atoms with Crippen LogP contribution in [0.1, 0.15) is 24.2 Å². The Kier molecular flexibility index (Phi) is 5.79. The van der Waals surface area contributed by atoms with E-state index < -0.39 is 0 Å². The second-order valence-corrected chi connectivity index (χ2v) is 10.2. The topological polar surface area (TPSA) is 46.8 Å². The molecule has 3 aromatic carbocycles. The van der Waals surface area contributed by atoms with Crippen LogP contribution < -0.4 is 0 Å². The van der Waals surface area contributed by atoms with Gasteiger partial charge < -0.3 is 0 Å². The number of likely N-dealkylation sites (N-methyl/N-ethyl adjacent to an activating group) is 1. The Labute approximate surface area is 228 Å². The first kappa shape index (κ1) is 23.5. The molecule has 5 heteroatoms. The molecule has 1 aliphatic rings. The molecule has 190 valence electrons. The maximum absolute atomic E-state index is 5.00. The molecule has 0 aliphatic carbocycles. The SMILES string of the molecule is CC1c2c(c3ccccc3n2-c2ccc(-c3cc(-c4ccccc4)nc(-c4ccccc4)n3)cn2)CCN1C. The molecule has 6 aromatic rings. The summed E-state index contributed by atoms with van der Waals surface area (Å²) < 4.78 is 2.35. The van der Waals surface area contributed by atoms with Crippen LogP contribution in [0.25, 0.3) is 50.6 Å². The van der Waals surface area contributed by atoms with Gasteiger partial charge in [0.25, 0.3) is 0 Å². The van der Waals surface area contributed by atoms with Crippen molar-refractivity contribution in [2.45, 2.75) is 19.4 Å². The van der Waals surface area contributed by atoms with Crippen molar-refractivity contribution in [3.8, 4) is 39.7 Å². The van der Waals surface area contributed by atoms with Crippen molar-refractivity contribution in [2.24, 2.45) is 0 Å². The molecule has 5 nitrogen and oxygen atoms in total. The van der Waals surface area contributed by atoms with Crippen LogP contribution in [0, 0.1) is 0 Å². The van der Waals surface area contributed by atoms with Crippen molar-refractivity contribution < 1.29 is 0 Å². The van der Waals surface area contributed by atoms with Crippen molar-refractivity contribution in [2.75, 3.05) is 13.6 Å². The van der Waals surface area contributed by atoms with E-state index in [1.165, 1.54) is 22.2 Å². The molecule has 0 bridgehead atoms. The largest absolute Gasteiger partial charge is 0.298 e. The van der Waals surface area contributed by atoms with E-state index in [1.54, 1.807) is 0 Å². The van der Waals surface area contributed by atoms with Gasteiger partial charge in [-0.15, -0.1) is 0 Å². The first-order valence-electron chi connectivity index (χ1n) is 13.5. The van der Waals surface area contributed by atoms with Gasteiger partial charge in [-0.3, -0.25) is 9.47 Å². The number of fused-ring (bicyclic) bond motifs is 3. The van der Waals surface area contributed by atoms with E-state index in [4.69, 9.17) is 15.0 Å². The normalized spacial score (nSPS) is 15.4. The number of hydrogen-bond donors (Lipinski definition) is 0. The lowest BCUT2D eigenvalue weighted by Gasteiger charge is -2.31. The third-order valence-corrected chi connectivity index (χ3v) is 7.89. The Morgan fingerprint density at radius 3 is 2.10 bits per heavy atom. The van der Waals surface area contributed by atoms with Gasteiger partial charge in [-0.2, -0.15) is 0 Å². The van der Waals surface area contributed by atoms with E-state index in [1.807, 2.05) is 54.7 Å². The Morgan fingerprint density at radius 1 is 0.718 bits per heavy atom. The minimum Gasteiger partial charge on any atom is -0.298 e. The molecule has 3 aromatic heterocycles. The maximum Gasteiger partial charge on any atom is 0.160 e. The predicted molar refractivity (Wildman–Crippen MR) is 158 cm³/mol. The number of hydrogen-bond acceptors (Lipinski definition) is 4. The van der Waals surface area contributed by atoms with Crippen LogP contribution in [0.15, 0.2) is 109 Å². The van der Waals surface area contributed by atoms with E-state index in [0.717, 1.165) is 46.9 Å². The summed E-state index contributed by atoms with van der Waals surface area (Å²) in [4.78, 5) is 17.3. The van der Waals surface area contributed by atoms with Gasteiger partial charge in [0.2, 0.25) is 0 Å². The minimum atomic E-state index is 0.311. The summed E-state index contributed by atoms with van der Waals surface area (Å²) in [5.41, 5.74) is 8.76. The highest BCUT2D eigenvalue weighted by Gasteiger charge is 2.29. The molecule has 7 rings (SSSR count). The maximum atomic E-state index is 5.00. The van der Waals surface area contributed by atoms with E-state index >= 15 is 0 Å². The third kappa shape index (κ3) is 4.12. The summed E-state index contributed by atoms with van der Waals surface area (Å²) in [5.74, 6) is 1.64. The summed E-state index contributed by atoms with van der Waals surface area (Å²) in [7, 11) is 2.20. The number of aromatic nitrogens is 4. The average Bonchev–Trinajstić information content (AvgIpc) is 3.35. The molecule has 0 saturated carbocycles. The highest BCUT2D eigenvalue weighted by atomic mass is 15.2. The molecular weight excluding hydrogens is 478 g/mol. The standard InChI is InChI=1S/C34H29N5/c1-23-33-28(19-20-38(23)2)27-15-9-10-16-31(27)39(33)32-18-17-26(22-35-32)30-21-29(24-11-5-3-6-12-24)36-34(37-30)25-13-7-4-8-14-25/h3-18,21-23H,19-20H2,1-2H3. The quantitative estimate of drug-likeness (QED) is 0.250. The summed E-state index contributed by atoms with van der Waals surface area (Å²) >= 11 is 0. The fourth-order valence-electron chi connectivity index (χ4n) is 5.70. The van der Waals surface area contributed by atoms with Gasteiger partial charge >= 0.3 is 0 Å². The minimum absolute atomic E-state index is 0.311. The zero-order valence-electron chi connectivity index (χ0n) is 22.1. The first-order chi connectivity index (χ1) is 19.2. The Hall–Kier alpha value is -4.61. The Balaban J connectivity index is 1.35. The lowest BCUT2D eigenvalue weighted by Crippen LogP contribution is -2.31. The van der Waals surface area contributed by atoms with Gasteiger partial charge in [0.15, 0.2) is 5.82 Å². The second-order valence-electron chi connectivity index (χ2n) is 10.2. The average molecular weight is 508 g/mol. The smallest absolute Gasteiger partial charge is 0.160 e. The molecular formula is C34H29N5. The summed E-state index contributed by atoms with van der Waals surface area (Å²) in [6.07, 6.45) is 2.99. The summed E-state index contributed by atoms with van der Waals surface area (Å²) in [5, 5.41) is 1.33. The molecule has 0 N–H and O–H groups in total. The molecule has 0 fully saturated rings. The van der Waals surface area contributed by atoms with E-state index in [2.05, 4.69) is 78.0 Å². The second kappa shape index (κ2) is 9.61. The molecule has 39 heavy (non-hydrogen) atoms. The van der Waals surface area contributed by atoms with Crippen LogP contribution in [0.3, 0.4) is 0 Å². The van der Waals surface area contributed by atoms with Crippen LogP contribution >= 0.6 is 0 Å². The Morgan fingerprint density at radius 2 is 1.38 bits per heavy atom. The van der Waals surface area contributed by atoms with Gasteiger partial charge in [-0.25, -0.2) is 15.0 Å². The highest BCUT2D eigenvalue weighted by molar-refractivity contribution is 5.87. The van der Waals surface area contributed by atoms with Crippen LogP contribution in [0.5, 0.6) is 0 Å². The number of rotatable bonds is 4. The summed E-state index contributed by atoms with van der Waals surface area (Å²) in [6, 6.07) is 35.7. The molecule has 0 amide bonds. The van der Waals surface area contributed by atoms with E-state index in [-0.39, 0.29) is 0 Å². The van der Waals surface area contributed by atoms with Crippen LogP contribution in [0.2, 0.25) is 0 Å². The molecule has 0 saturated heterocycles. The monoisotopic (exact) mass is 507 g/mol. The molecule has 4 heterocycles. The predicted octanol–water partition coefficient (Wildman–Crippen LogP) is 7.37. The number of pyridine rings is 1. The van der Waals surface area contributed by atoms with Crippen LogP contribution in [-0.2, 0) is 6.42 Å². The van der Waals surface area contributed by atoms with Crippen LogP contribution in [0.4, 0.5) is 0 Å². The number of para-hydroxylation sites is 1. The van der Waals surface area contributed by atoms with Crippen molar-refractivity contribution in [1.82, 2.24) is 24.4 Å². The molecule has 0 spiro atoms. The zero-order valence-corrected chi connectivity index (χ0v) is 22.1. The van der Waals surface area contributed by atoms with Gasteiger partial charge in [0.05, 0.1) is 16.9 Å². The summed E-state index contributed by atoms with van der Waals surface area (Å²) in [6.45, 7) is 3.36. The molecule has 0 radical (unpaired) electrons. The zero-order chi connectivity index (χ0) is 26.3. The van der Waals surface area contributed by atoms with E-state index in [0.29, 0.717) is 11.9 Å². The van der Waals surface area contributed by atoms with Crippen molar-refractivity contribution in [3.05, 3.63) is 121 Å². The lowest BCUT2D eigenvalue weighted by molar-refractivity contribution is 0.241. The van der Waals surface area contributed by atoms with Gasteiger partial charge in [-0.05, 0) is 50.2 Å². The molecule has 1 unspecified atom stereocenters. The van der Waals surface area contributed by atoms with E-state index in [9.17, 15) is 0 Å². The van der Waals surface area contributed by atoms with Crippen molar-refractivity contribution in [3.63, 3.8) is 0 Å². The Bertz CT molecular complexity index is 1710. The van der Waals surface area contributed by atoms with Gasteiger partial charge in [-0.1, -0.05) is 78.9 Å². The first-order valence-corrected chi connectivity index (χ1v) is 13.5. The number of benzene rings is 3. The van der Waals surface area contributed by atoms with Crippen LogP contribution in [-0.4, -0.2) is 38.0 Å². The fourth-order valence-corrected chi connectivity index (χ4v) is 5.70. The molecule has 1 aliphatic heterocycles. The fraction of sp³-hybridized carbons (Fsp3) is 0.147. The van der Waals surface area contributed by atoms with Crippen molar-refractivity contribution in [1.29, 1.82) is 0 Å². The van der Waals surface area contributed by atoms with Gasteiger partial charge in [0, 0.05) is 46.6 Å². The van der Waals surface area contributed by atoms with Gasteiger partial charge in [0.1, 0.15) is 5.82 Å².